The van der Waals surface area contributed by atoms with Crippen LogP contribution in [0.4, 0.5) is 5.69 Å². The van der Waals surface area contributed by atoms with Crippen LogP contribution in [0, 0.1) is 6.92 Å². The molecule has 0 radical (unpaired) electrons. The number of benzene rings is 1. The van der Waals surface area contributed by atoms with Gasteiger partial charge in [-0.25, -0.2) is 0 Å². The molecule has 0 aliphatic heterocycles. The molecule has 1 aromatic carbocycles. The topological polar surface area (TPSA) is 35.2 Å². The van der Waals surface area contributed by atoms with Crippen LogP contribution < -0.4 is 10.5 Å². The van der Waals surface area contributed by atoms with Crippen LogP contribution in [-0.4, -0.2) is 6.10 Å². The predicted molar refractivity (Wildman–Crippen MR) is 60.6 cm³/mol. The molecule has 2 nitrogen and oxygen atoms in total. The lowest BCUT2D eigenvalue weighted by molar-refractivity contribution is 0.210. The van der Waals surface area contributed by atoms with Gasteiger partial charge in [0.15, 0.2) is 0 Å². The van der Waals surface area contributed by atoms with Crippen LogP contribution in [-0.2, 0) is 0 Å². The normalized spacial score (nSPS) is 12.5. The summed E-state index contributed by atoms with van der Waals surface area (Å²) in [6, 6.07) is 5.80. The van der Waals surface area contributed by atoms with Crippen molar-refractivity contribution in [2.24, 2.45) is 0 Å². The first-order valence-electron chi connectivity index (χ1n) is 5.16. The number of aryl methyl sites for hydroxylation is 1. The van der Waals surface area contributed by atoms with Crippen molar-refractivity contribution in [1.82, 2.24) is 0 Å². The Morgan fingerprint density at radius 3 is 2.71 bits per heavy atom. The molecule has 1 atom stereocenters. The Balaban J connectivity index is 2.63. The molecule has 78 valence electrons. The molecule has 1 aromatic rings. The Labute approximate surface area is 86.1 Å². The minimum atomic E-state index is 0.281. The van der Waals surface area contributed by atoms with E-state index in [-0.39, 0.29) is 6.10 Å². The fourth-order valence-electron chi connectivity index (χ4n) is 1.42. The monoisotopic (exact) mass is 193 g/mol. The molecular weight excluding hydrogens is 174 g/mol. The molecule has 0 heterocycles. The van der Waals surface area contributed by atoms with Gasteiger partial charge in [-0.3, -0.25) is 0 Å². The van der Waals surface area contributed by atoms with Gasteiger partial charge in [-0.05, 0) is 44.0 Å². The Morgan fingerprint density at radius 2 is 2.14 bits per heavy atom. The van der Waals surface area contributed by atoms with E-state index in [1.165, 1.54) is 0 Å². The summed E-state index contributed by atoms with van der Waals surface area (Å²) in [4.78, 5) is 0. The van der Waals surface area contributed by atoms with E-state index in [0.29, 0.717) is 0 Å². The van der Waals surface area contributed by atoms with Crippen molar-refractivity contribution in [1.29, 1.82) is 0 Å². The molecular formula is C12H19NO. The molecule has 0 amide bonds. The zero-order valence-electron chi connectivity index (χ0n) is 9.21. The summed E-state index contributed by atoms with van der Waals surface area (Å²) in [5.74, 6) is 0.914. The number of nitrogen functional groups attached to an aromatic ring is 1. The van der Waals surface area contributed by atoms with E-state index >= 15 is 0 Å². The lowest BCUT2D eigenvalue weighted by atomic mass is 10.2. The van der Waals surface area contributed by atoms with E-state index in [2.05, 4.69) is 13.8 Å². The van der Waals surface area contributed by atoms with Crippen molar-refractivity contribution >= 4 is 5.69 Å². The average molecular weight is 193 g/mol. The molecule has 0 saturated carbocycles. The third-order valence-electron chi connectivity index (χ3n) is 2.27. The number of nitrogens with two attached hydrogens (primary N) is 1. The molecule has 0 fully saturated rings. The standard InChI is InChI=1S/C12H19NO/c1-4-5-10(3)14-11-6-7-12(13)9(2)8-11/h6-8,10H,4-5,13H2,1-3H3. The number of hydrogen-bond acceptors (Lipinski definition) is 2. The van der Waals surface area contributed by atoms with Gasteiger partial charge in [-0.1, -0.05) is 13.3 Å². The van der Waals surface area contributed by atoms with Crippen molar-refractivity contribution in [2.75, 3.05) is 5.73 Å². The summed E-state index contributed by atoms with van der Waals surface area (Å²) < 4.78 is 5.74. The molecule has 1 unspecified atom stereocenters. The predicted octanol–water partition coefficient (Wildman–Crippen LogP) is 3.14. The maximum Gasteiger partial charge on any atom is 0.120 e. The minimum absolute atomic E-state index is 0.281. The summed E-state index contributed by atoms with van der Waals surface area (Å²) in [6.07, 6.45) is 2.52. The molecule has 0 aromatic heterocycles. The first-order valence-corrected chi connectivity index (χ1v) is 5.16. The molecule has 0 spiro atoms. The Hall–Kier alpha value is -1.18. The van der Waals surface area contributed by atoms with Gasteiger partial charge in [0.1, 0.15) is 5.75 Å². The Kier molecular flexibility index (Phi) is 3.81. The van der Waals surface area contributed by atoms with Gasteiger partial charge >= 0.3 is 0 Å². The van der Waals surface area contributed by atoms with Crippen LogP contribution in [0.3, 0.4) is 0 Å². The van der Waals surface area contributed by atoms with E-state index < -0.39 is 0 Å². The van der Waals surface area contributed by atoms with Gasteiger partial charge < -0.3 is 10.5 Å². The second kappa shape index (κ2) is 4.89. The molecule has 0 saturated heterocycles. The highest BCUT2D eigenvalue weighted by atomic mass is 16.5. The lowest BCUT2D eigenvalue weighted by Crippen LogP contribution is -2.11. The molecule has 2 heteroatoms. The maximum atomic E-state index is 5.74. The smallest absolute Gasteiger partial charge is 0.120 e. The van der Waals surface area contributed by atoms with Gasteiger partial charge in [0.05, 0.1) is 6.10 Å². The third kappa shape index (κ3) is 2.95. The van der Waals surface area contributed by atoms with E-state index in [1.54, 1.807) is 0 Å². The van der Waals surface area contributed by atoms with E-state index in [4.69, 9.17) is 10.5 Å². The first-order chi connectivity index (χ1) is 6.63. The van der Waals surface area contributed by atoms with Gasteiger partial charge in [-0.2, -0.15) is 0 Å². The van der Waals surface area contributed by atoms with Crippen LogP contribution in [0.5, 0.6) is 5.75 Å². The summed E-state index contributed by atoms with van der Waals surface area (Å²) in [6.45, 7) is 6.25. The number of anilines is 1. The molecule has 0 aliphatic carbocycles. The maximum absolute atomic E-state index is 5.74. The number of rotatable bonds is 4. The van der Waals surface area contributed by atoms with Crippen molar-refractivity contribution in [3.63, 3.8) is 0 Å². The summed E-state index contributed by atoms with van der Waals surface area (Å²) in [5, 5.41) is 0. The second-order valence-electron chi connectivity index (χ2n) is 3.74. The third-order valence-corrected chi connectivity index (χ3v) is 2.27. The highest BCUT2D eigenvalue weighted by molar-refractivity contribution is 5.49. The summed E-state index contributed by atoms with van der Waals surface area (Å²) in [7, 11) is 0. The van der Waals surface area contributed by atoms with Crippen LogP contribution >= 0.6 is 0 Å². The summed E-state index contributed by atoms with van der Waals surface area (Å²) >= 11 is 0. The van der Waals surface area contributed by atoms with Crippen LogP contribution in [0.15, 0.2) is 18.2 Å². The van der Waals surface area contributed by atoms with Crippen LogP contribution in [0.25, 0.3) is 0 Å². The van der Waals surface area contributed by atoms with E-state index in [9.17, 15) is 0 Å². The highest BCUT2D eigenvalue weighted by Gasteiger charge is 2.03. The van der Waals surface area contributed by atoms with Gasteiger partial charge in [-0.15, -0.1) is 0 Å². The largest absolute Gasteiger partial charge is 0.491 e. The molecule has 2 N–H and O–H groups in total. The fraction of sp³-hybridized carbons (Fsp3) is 0.500. The van der Waals surface area contributed by atoms with Gasteiger partial charge in [0, 0.05) is 5.69 Å². The van der Waals surface area contributed by atoms with Crippen molar-refractivity contribution in [3.8, 4) is 5.75 Å². The molecule has 14 heavy (non-hydrogen) atoms. The number of ether oxygens (including phenoxy) is 1. The van der Waals surface area contributed by atoms with Crippen molar-refractivity contribution in [2.45, 2.75) is 39.7 Å². The van der Waals surface area contributed by atoms with E-state index in [0.717, 1.165) is 29.8 Å². The zero-order chi connectivity index (χ0) is 10.6. The van der Waals surface area contributed by atoms with Gasteiger partial charge in [0.2, 0.25) is 0 Å². The second-order valence-corrected chi connectivity index (χ2v) is 3.74. The Morgan fingerprint density at radius 1 is 1.43 bits per heavy atom. The average Bonchev–Trinajstić information content (AvgIpc) is 2.12. The molecule has 0 bridgehead atoms. The molecule has 1 rings (SSSR count). The fourth-order valence-corrected chi connectivity index (χ4v) is 1.42. The quantitative estimate of drug-likeness (QED) is 0.745. The number of hydrogen-bond donors (Lipinski definition) is 1. The van der Waals surface area contributed by atoms with Crippen molar-refractivity contribution < 1.29 is 4.74 Å². The zero-order valence-corrected chi connectivity index (χ0v) is 9.21. The minimum Gasteiger partial charge on any atom is -0.491 e. The van der Waals surface area contributed by atoms with E-state index in [1.807, 2.05) is 25.1 Å². The highest BCUT2D eigenvalue weighted by Crippen LogP contribution is 2.20. The van der Waals surface area contributed by atoms with Crippen LogP contribution in [0.2, 0.25) is 0 Å². The van der Waals surface area contributed by atoms with Gasteiger partial charge in [0.25, 0.3) is 0 Å². The lowest BCUT2D eigenvalue weighted by Gasteiger charge is -2.14. The SMILES string of the molecule is CCCC(C)Oc1ccc(N)c(C)c1. The summed E-state index contributed by atoms with van der Waals surface area (Å²) in [5.41, 5.74) is 7.62. The first kappa shape index (κ1) is 10.9. The Bertz CT molecular complexity index is 296. The molecule has 0 aliphatic rings. The van der Waals surface area contributed by atoms with Crippen molar-refractivity contribution in [3.05, 3.63) is 23.8 Å². The van der Waals surface area contributed by atoms with Crippen LogP contribution in [0.1, 0.15) is 32.3 Å².